The molecule has 0 amide bonds. The number of ether oxygens (including phenoxy) is 1. The average molecular weight is 858 g/mol. The molecule has 3 fully saturated rings. The monoisotopic (exact) mass is 856 g/mol. The van der Waals surface area contributed by atoms with Gasteiger partial charge in [0, 0.05) is 97.7 Å². The van der Waals surface area contributed by atoms with Gasteiger partial charge in [-0.15, -0.1) is 0 Å². The number of rotatable bonds is 14. The number of nitrogens with zero attached hydrogens (tertiary/aromatic N) is 9. The maximum atomic E-state index is 12.0. The predicted molar refractivity (Wildman–Crippen MR) is 240 cm³/mol. The highest BCUT2D eigenvalue weighted by atomic mass is 35.5. The third-order valence-corrected chi connectivity index (χ3v) is 14.3. The van der Waals surface area contributed by atoms with Gasteiger partial charge in [-0.1, -0.05) is 38.8 Å². The molecular formula is C44H57ClN10O4S. The number of β-amino-alcohol motifs (C(OH)–C–C–N with tert-alkyl or cyclic N) is 1. The molecule has 5 aromatic heterocycles. The van der Waals surface area contributed by atoms with Gasteiger partial charge in [0.05, 0.1) is 53.1 Å². The maximum absolute atomic E-state index is 12.0. The van der Waals surface area contributed by atoms with E-state index in [1.165, 1.54) is 6.26 Å². The lowest BCUT2D eigenvalue weighted by Gasteiger charge is -2.48. The first kappa shape index (κ1) is 42.3. The molecule has 2 N–H and O–H groups in total. The van der Waals surface area contributed by atoms with Crippen molar-refractivity contribution in [3.63, 3.8) is 0 Å². The molecule has 16 heteroatoms. The number of aliphatic hydroxyl groups excluding tert-OH is 1. The first-order valence-electron chi connectivity index (χ1n) is 21.2. The molecule has 0 aromatic carbocycles. The molecule has 7 atom stereocenters. The zero-order valence-corrected chi connectivity index (χ0v) is 37.2. The Hall–Kier alpha value is -4.44. The molecule has 3 aliphatic heterocycles. The van der Waals surface area contributed by atoms with Crippen molar-refractivity contribution >= 4 is 71.9 Å². The molecule has 0 bridgehead atoms. The second kappa shape index (κ2) is 17.1. The number of aliphatic hydroxyl groups is 1. The van der Waals surface area contributed by atoms with Crippen LogP contribution in [0.25, 0.3) is 21.5 Å². The lowest BCUT2D eigenvalue weighted by Crippen LogP contribution is -2.57. The molecule has 8 rings (SSSR count). The van der Waals surface area contributed by atoms with Crippen LogP contribution in [0.5, 0.6) is 0 Å². The van der Waals surface area contributed by atoms with E-state index in [2.05, 4.69) is 65.8 Å². The van der Waals surface area contributed by atoms with Crippen molar-refractivity contribution in [2.45, 2.75) is 96.4 Å². The minimum atomic E-state index is -3.05. The Balaban J connectivity index is 0.916. The molecule has 3 saturated heterocycles. The zero-order chi connectivity index (χ0) is 42.5. The summed E-state index contributed by atoms with van der Waals surface area (Å²) in [6.07, 6.45) is 13.9. The molecule has 0 radical (unpaired) electrons. The Morgan fingerprint density at radius 3 is 2.18 bits per heavy atom. The number of halogens is 1. The van der Waals surface area contributed by atoms with Crippen molar-refractivity contribution in [3.05, 3.63) is 65.7 Å². The third kappa shape index (κ3) is 8.55. The van der Waals surface area contributed by atoms with Crippen molar-refractivity contribution in [1.82, 2.24) is 29.9 Å². The van der Waals surface area contributed by atoms with Crippen LogP contribution in [0.3, 0.4) is 0 Å². The predicted octanol–water partition coefficient (Wildman–Crippen LogP) is 7.14. The summed E-state index contributed by atoms with van der Waals surface area (Å²) in [5, 5.41) is 18.5. The fourth-order valence-corrected chi connectivity index (χ4v) is 10.8. The molecule has 1 unspecified atom stereocenters. The Morgan fingerprint density at radius 2 is 1.53 bits per heavy atom. The number of pyridine rings is 4. The number of hydrogen-bond acceptors (Lipinski definition) is 14. The van der Waals surface area contributed by atoms with Gasteiger partial charge in [0.25, 0.3) is 0 Å². The summed E-state index contributed by atoms with van der Waals surface area (Å²) in [6, 6.07) is 6.28. The Morgan fingerprint density at radius 1 is 0.867 bits per heavy atom. The van der Waals surface area contributed by atoms with Gasteiger partial charge in [-0.25, -0.2) is 23.4 Å². The van der Waals surface area contributed by atoms with Crippen LogP contribution < -0.4 is 20.0 Å². The first-order valence-corrected chi connectivity index (χ1v) is 23.6. The molecule has 320 valence electrons. The average Bonchev–Trinajstić information content (AvgIpc) is 3.21. The molecular weight excluding hydrogens is 800 g/mol. The Kier molecular flexibility index (Phi) is 12.1. The summed E-state index contributed by atoms with van der Waals surface area (Å²) in [6.45, 7) is 13.7. The largest absolute Gasteiger partial charge is 0.389 e. The minimum absolute atomic E-state index is 0.0948. The highest BCUT2D eigenvalue weighted by molar-refractivity contribution is 7.90. The van der Waals surface area contributed by atoms with Crippen LogP contribution in [0.4, 0.5) is 29.0 Å². The molecule has 8 heterocycles. The van der Waals surface area contributed by atoms with Gasteiger partial charge in [0.1, 0.15) is 26.6 Å². The quantitative estimate of drug-likeness (QED) is 0.108. The summed E-state index contributed by atoms with van der Waals surface area (Å²) >= 11 is 6.44. The molecule has 0 aliphatic carbocycles. The highest BCUT2D eigenvalue weighted by Gasteiger charge is 2.39. The summed E-state index contributed by atoms with van der Waals surface area (Å²) in [7, 11) is -1.42. The lowest BCUT2D eigenvalue weighted by molar-refractivity contribution is -0.0219. The van der Waals surface area contributed by atoms with E-state index in [0.717, 1.165) is 70.1 Å². The van der Waals surface area contributed by atoms with Crippen LogP contribution in [-0.2, 0) is 14.6 Å². The minimum Gasteiger partial charge on any atom is -0.389 e. The Labute approximate surface area is 358 Å². The van der Waals surface area contributed by atoms with Crippen LogP contribution >= 0.6 is 11.6 Å². The highest BCUT2D eigenvalue weighted by Crippen LogP contribution is 2.42. The topological polar surface area (TPSA) is 163 Å². The fourth-order valence-electron chi connectivity index (χ4n) is 9.45. The standard InChI is InChI=1S/C44H57ClN10O4S/c1-25(2)42-32-16-41(51-40-11-13-46-44(52-40)53-14-12-38(59-6)37(56)23-53)48-18-34(32)35(19-49-42)54-21-29(27(54)4)10-8-9-26(3)43-31-15-39(45)47-17-33(31)36(20-50-43)55-22-30(28(55)5)24-60(7,57)58/h11,13,15-20,25-30,37-38,56H,8-10,12,14,21-24H2,1-7H3,(H,46,48,51,52)/t26?,27-,28-,29+,30-,37-,38-/m1/s1. The van der Waals surface area contributed by atoms with Gasteiger partial charge in [-0.05, 0) is 69.1 Å². The first-order chi connectivity index (χ1) is 28.7. The van der Waals surface area contributed by atoms with E-state index in [1.807, 2.05) is 41.8 Å². The second-order valence-electron chi connectivity index (χ2n) is 17.6. The van der Waals surface area contributed by atoms with E-state index in [1.54, 1.807) is 13.3 Å². The van der Waals surface area contributed by atoms with E-state index in [9.17, 15) is 13.5 Å². The van der Waals surface area contributed by atoms with E-state index >= 15 is 0 Å². The smallest absolute Gasteiger partial charge is 0.227 e. The van der Waals surface area contributed by atoms with Gasteiger partial charge >= 0.3 is 0 Å². The second-order valence-corrected chi connectivity index (χ2v) is 20.1. The number of hydrogen-bond donors (Lipinski definition) is 2. The Bertz CT molecular complexity index is 2480. The van der Waals surface area contributed by atoms with E-state index in [4.69, 9.17) is 36.3 Å². The SMILES string of the molecule is CO[C@@H]1CCN(c2nccc(Nc3cc4c(C(C)C)ncc(N5C[C@H](CCCC(C)c6ncc(N7C[C@H](CS(C)(=O)=O)[C@H]7C)c7cnc(Cl)cc67)[C@H]5C)c4cn3)n2)C[C@H]1O. The molecule has 0 saturated carbocycles. The third-order valence-electron chi connectivity index (χ3n) is 13.1. The molecule has 14 nitrogen and oxygen atoms in total. The van der Waals surface area contributed by atoms with Crippen LogP contribution in [0.15, 0.2) is 49.2 Å². The van der Waals surface area contributed by atoms with E-state index in [0.29, 0.717) is 60.8 Å². The number of anilines is 5. The maximum Gasteiger partial charge on any atom is 0.227 e. The molecule has 3 aliphatic rings. The fraction of sp³-hybridized carbons (Fsp3) is 0.545. The van der Waals surface area contributed by atoms with Gasteiger partial charge < -0.3 is 29.9 Å². The molecule has 5 aromatic rings. The lowest BCUT2D eigenvalue weighted by atomic mass is 9.83. The van der Waals surface area contributed by atoms with Crippen molar-refractivity contribution < 1.29 is 18.3 Å². The summed E-state index contributed by atoms with van der Waals surface area (Å²) in [5.74, 6) is 3.15. The van der Waals surface area contributed by atoms with Gasteiger partial charge in [0.15, 0.2) is 0 Å². The van der Waals surface area contributed by atoms with Gasteiger partial charge in [-0.3, -0.25) is 9.97 Å². The summed E-state index contributed by atoms with van der Waals surface area (Å²) in [4.78, 5) is 35.2. The number of nitrogens with one attached hydrogen (secondary N) is 1. The zero-order valence-electron chi connectivity index (χ0n) is 35.6. The van der Waals surface area contributed by atoms with Gasteiger partial charge in [-0.2, -0.15) is 4.98 Å². The van der Waals surface area contributed by atoms with Crippen LogP contribution in [0.2, 0.25) is 5.15 Å². The summed E-state index contributed by atoms with van der Waals surface area (Å²) < 4.78 is 29.3. The molecule has 60 heavy (non-hydrogen) atoms. The van der Waals surface area contributed by atoms with Crippen LogP contribution in [-0.4, -0.2) is 113 Å². The van der Waals surface area contributed by atoms with E-state index < -0.39 is 15.9 Å². The van der Waals surface area contributed by atoms with Crippen molar-refractivity contribution in [3.8, 4) is 0 Å². The van der Waals surface area contributed by atoms with Crippen molar-refractivity contribution in [2.75, 3.05) is 65.3 Å². The number of fused-ring (bicyclic) bond motifs is 2. The number of methoxy groups -OCH3 is 1. The van der Waals surface area contributed by atoms with Crippen molar-refractivity contribution in [1.29, 1.82) is 0 Å². The number of sulfone groups is 1. The number of aromatic nitrogens is 6. The molecule has 0 spiro atoms. The van der Waals surface area contributed by atoms with E-state index in [-0.39, 0.29) is 35.7 Å². The normalized spacial score (nSPS) is 23.9. The van der Waals surface area contributed by atoms with Crippen LogP contribution in [0, 0.1) is 11.8 Å². The van der Waals surface area contributed by atoms with Crippen molar-refractivity contribution in [2.24, 2.45) is 11.8 Å². The van der Waals surface area contributed by atoms with Crippen LogP contribution in [0.1, 0.15) is 83.5 Å². The summed E-state index contributed by atoms with van der Waals surface area (Å²) in [5.41, 5.74) is 4.13. The van der Waals surface area contributed by atoms with Gasteiger partial charge in [0.2, 0.25) is 5.95 Å². The number of piperidine rings is 1.